The Morgan fingerprint density at radius 1 is 0.889 bits per heavy atom. The monoisotopic (exact) mass is 355 g/mol. The summed E-state index contributed by atoms with van der Waals surface area (Å²) in [6.45, 7) is 1.95. The van der Waals surface area contributed by atoms with Crippen LogP contribution in [-0.4, -0.2) is 5.91 Å². The summed E-state index contributed by atoms with van der Waals surface area (Å²) in [5.74, 6) is -0.170. The Bertz CT molecular complexity index is 1190. The van der Waals surface area contributed by atoms with Crippen molar-refractivity contribution in [2.24, 2.45) is 0 Å². The maximum atomic E-state index is 12.3. The highest BCUT2D eigenvalue weighted by Crippen LogP contribution is 2.22. The summed E-state index contributed by atoms with van der Waals surface area (Å²) >= 11 is 0. The van der Waals surface area contributed by atoms with E-state index in [1.807, 2.05) is 49.4 Å². The summed E-state index contributed by atoms with van der Waals surface area (Å²) < 4.78 is 5.39. The number of amides is 1. The predicted molar refractivity (Wildman–Crippen MR) is 107 cm³/mol. The number of carbonyl (C=O) groups is 1. The maximum Gasteiger partial charge on any atom is 0.344 e. The van der Waals surface area contributed by atoms with Gasteiger partial charge in [0.05, 0.1) is 5.56 Å². The molecule has 1 aromatic heterocycles. The summed E-state index contributed by atoms with van der Waals surface area (Å²) in [6, 6.07) is 23.8. The van der Waals surface area contributed by atoms with Gasteiger partial charge in [0.15, 0.2) is 0 Å². The minimum Gasteiger partial charge on any atom is -0.422 e. The van der Waals surface area contributed by atoms with Crippen LogP contribution in [0.4, 0.5) is 5.69 Å². The van der Waals surface area contributed by atoms with E-state index in [1.165, 1.54) is 0 Å². The maximum absolute atomic E-state index is 12.3. The number of benzene rings is 3. The van der Waals surface area contributed by atoms with Gasteiger partial charge < -0.3 is 9.73 Å². The molecule has 4 heteroatoms. The average molecular weight is 355 g/mol. The van der Waals surface area contributed by atoms with Crippen molar-refractivity contribution >= 4 is 22.6 Å². The molecular formula is C23H17NO3. The number of para-hydroxylation sites is 1. The number of hydrogen-bond acceptors (Lipinski definition) is 3. The van der Waals surface area contributed by atoms with Crippen molar-refractivity contribution in [2.45, 2.75) is 6.92 Å². The number of nitrogens with one attached hydrogen (secondary N) is 1. The second kappa shape index (κ2) is 6.92. The summed E-state index contributed by atoms with van der Waals surface area (Å²) in [4.78, 5) is 24.6. The van der Waals surface area contributed by atoms with E-state index in [0.29, 0.717) is 22.4 Å². The Hall–Kier alpha value is -3.66. The standard InChI is InChI=1S/C23H17NO3/c1-15-5-4-7-18(13-15)22(25)24-19-11-9-16(10-12-19)20-14-17-6-2-3-8-21(17)27-23(20)26/h2-14H,1H3,(H,24,25). The van der Waals surface area contributed by atoms with Crippen LogP contribution in [-0.2, 0) is 0 Å². The summed E-state index contributed by atoms with van der Waals surface area (Å²) in [6.07, 6.45) is 0. The lowest BCUT2D eigenvalue weighted by molar-refractivity contribution is 0.102. The van der Waals surface area contributed by atoms with E-state index >= 15 is 0 Å². The summed E-state index contributed by atoms with van der Waals surface area (Å²) in [7, 11) is 0. The zero-order chi connectivity index (χ0) is 18.8. The van der Waals surface area contributed by atoms with Gasteiger partial charge in [0.1, 0.15) is 5.58 Å². The summed E-state index contributed by atoms with van der Waals surface area (Å²) in [5.41, 5.74) is 3.71. The number of carbonyl (C=O) groups excluding carboxylic acids is 1. The van der Waals surface area contributed by atoms with Gasteiger partial charge in [-0.25, -0.2) is 4.79 Å². The molecule has 1 N–H and O–H groups in total. The lowest BCUT2D eigenvalue weighted by atomic mass is 10.1. The number of rotatable bonds is 3. The van der Waals surface area contributed by atoms with Gasteiger partial charge in [-0.2, -0.15) is 0 Å². The quantitative estimate of drug-likeness (QED) is 0.525. The molecular weight excluding hydrogens is 338 g/mol. The second-order valence-electron chi connectivity index (χ2n) is 6.39. The average Bonchev–Trinajstić information content (AvgIpc) is 2.68. The molecule has 0 spiro atoms. The van der Waals surface area contributed by atoms with Crippen LogP contribution in [0.2, 0.25) is 0 Å². The molecule has 4 aromatic rings. The molecule has 1 amide bonds. The SMILES string of the molecule is Cc1cccc(C(=O)Nc2ccc(-c3cc4ccccc4oc3=O)cc2)c1. The van der Waals surface area contributed by atoms with E-state index < -0.39 is 0 Å². The van der Waals surface area contributed by atoms with Crippen molar-refractivity contribution < 1.29 is 9.21 Å². The summed E-state index contributed by atoms with van der Waals surface area (Å²) in [5, 5.41) is 3.73. The fraction of sp³-hybridized carbons (Fsp3) is 0.0435. The zero-order valence-electron chi connectivity index (χ0n) is 14.7. The Kier molecular flexibility index (Phi) is 4.30. The molecule has 0 atom stereocenters. The van der Waals surface area contributed by atoms with E-state index in [9.17, 15) is 9.59 Å². The lowest BCUT2D eigenvalue weighted by Crippen LogP contribution is -2.11. The number of fused-ring (bicyclic) bond motifs is 1. The second-order valence-corrected chi connectivity index (χ2v) is 6.39. The van der Waals surface area contributed by atoms with Crippen LogP contribution in [0.1, 0.15) is 15.9 Å². The van der Waals surface area contributed by atoms with Gasteiger partial charge in [-0.1, -0.05) is 48.0 Å². The molecule has 0 aliphatic heterocycles. The molecule has 0 unspecified atom stereocenters. The van der Waals surface area contributed by atoms with Gasteiger partial charge in [0.2, 0.25) is 0 Å². The van der Waals surface area contributed by atoms with Crippen molar-refractivity contribution in [3.63, 3.8) is 0 Å². The highest BCUT2D eigenvalue weighted by molar-refractivity contribution is 6.04. The van der Waals surface area contributed by atoms with Crippen LogP contribution < -0.4 is 10.9 Å². The molecule has 3 aromatic carbocycles. The predicted octanol–water partition coefficient (Wildman–Crippen LogP) is 5.02. The van der Waals surface area contributed by atoms with E-state index in [2.05, 4.69) is 5.32 Å². The van der Waals surface area contributed by atoms with E-state index in [1.54, 1.807) is 36.4 Å². The van der Waals surface area contributed by atoms with Crippen molar-refractivity contribution in [1.29, 1.82) is 0 Å². The normalized spacial score (nSPS) is 10.7. The van der Waals surface area contributed by atoms with Crippen LogP contribution in [0.3, 0.4) is 0 Å². The van der Waals surface area contributed by atoms with Crippen LogP contribution in [0, 0.1) is 6.92 Å². The molecule has 0 saturated carbocycles. The Morgan fingerprint density at radius 3 is 2.44 bits per heavy atom. The molecule has 0 bridgehead atoms. The van der Waals surface area contributed by atoms with Gasteiger partial charge in [-0.3, -0.25) is 4.79 Å². The van der Waals surface area contributed by atoms with Crippen LogP contribution in [0.25, 0.3) is 22.1 Å². The molecule has 4 nitrogen and oxygen atoms in total. The topological polar surface area (TPSA) is 59.3 Å². The molecule has 0 radical (unpaired) electrons. The first kappa shape index (κ1) is 16.8. The van der Waals surface area contributed by atoms with Gasteiger partial charge in [-0.05, 0) is 48.9 Å². The van der Waals surface area contributed by atoms with Crippen LogP contribution in [0.5, 0.6) is 0 Å². The van der Waals surface area contributed by atoms with Gasteiger partial charge >= 0.3 is 5.63 Å². The van der Waals surface area contributed by atoms with Crippen molar-refractivity contribution in [1.82, 2.24) is 0 Å². The molecule has 0 aliphatic carbocycles. The van der Waals surface area contributed by atoms with E-state index in [-0.39, 0.29) is 11.5 Å². The van der Waals surface area contributed by atoms with Gasteiger partial charge in [0, 0.05) is 16.6 Å². The number of aryl methyl sites for hydroxylation is 1. The third-order valence-electron chi connectivity index (χ3n) is 4.38. The molecule has 132 valence electrons. The Balaban J connectivity index is 1.60. The van der Waals surface area contributed by atoms with E-state index in [0.717, 1.165) is 16.5 Å². The van der Waals surface area contributed by atoms with Crippen molar-refractivity contribution in [3.05, 3.63) is 100 Å². The molecule has 27 heavy (non-hydrogen) atoms. The van der Waals surface area contributed by atoms with Crippen LogP contribution in [0.15, 0.2) is 88.1 Å². The minimum absolute atomic E-state index is 0.170. The minimum atomic E-state index is -0.384. The fourth-order valence-corrected chi connectivity index (χ4v) is 2.99. The molecule has 0 saturated heterocycles. The lowest BCUT2D eigenvalue weighted by Gasteiger charge is -2.07. The molecule has 0 aliphatic rings. The largest absolute Gasteiger partial charge is 0.422 e. The van der Waals surface area contributed by atoms with Crippen molar-refractivity contribution in [2.75, 3.05) is 5.32 Å². The number of hydrogen-bond donors (Lipinski definition) is 1. The van der Waals surface area contributed by atoms with Crippen molar-refractivity contribution in [3.8, 4) is 11.1 Å². The highest BCUT2D eigenvalue weighted by Gasteiger charge is 2.09. The third kappa shape index (κ3) is 3.51. The molecule has 1 heterocycles. The van der Waals surface area contributed by atoms with E-state index in [4.69, 9.17) is 4.42 Å². The first-order valence-corrected chi connectivity index (χ1v) is 8.61. The number of anilines is 1. The Labute approximate surface area is 156 Å². The first-order valence-electron chi connectivity index (χ1n) is 8.61. The third-order valence-corrected chi connectivity index (χ3v) is 4.38. The smallest absolute Gasteiger partial charge is 0.344 e. The van der Waals surface area contributed by atoms with Gasteiger partial charge in [0.25, 0.3) is 5.91 Å². The molecule has 4 rings (SSSR count). The van der Waals surface area contributed by atoms with Gasteiger partial charge in [-0.15, -0.1) is 0 Å². The van der Waals surface area contributed by atoms with Crippen LogP contribution >= 0.6 is 0 Å². The zero-order valence-corrected chi connectivity index (χ0v) is 14.7. The molecule has 0 fully saturated rings. The first-order chi connectivity index (χ1) is 13.1. The Morgan fingerprint density at radius 2 is 1.67 bits per heavy atom. The fourth-order valence-electron chi connectivity index (χ4n) is 2.99. The highest BCUT2D eigenvalue weighted by atomic mass is 16.4.